The first-order valence-corrected chi connectivity index (χ1v) is 4.27. The highest BCUT2D eigenvalue weighted by Gasteiger charge is 2.27. The summed E-state index contributed by atoms with van der Waals surface area (Å²) in [5.74, 6) is 0. The van der Waals surface area contributed by atoms with Crippen molar-refractivity contribution in [2.24, 2.45) is 0 Å². The van der Waals surface area contributed by atoms with E-state index < -0.39 is 22.6 Å². The van der Waals surface area contributed by atoms with Crippen LogP contribution in [0.3, 0.4) is 0 Å². The summed E-state index contributed by atoms with van der Waals surface area (Å²) in [6, 6.07) is 2.62. The Morgan fingerprint density at radius 3 is 2.75 bits per heavy atom. The van der Waals surface area contributed by atoms with Crippen molar-refractivity contribution in [2.45, 2.75) is 19.8 Å². The Morgan fingerprint density at radius 1 is 1.69 bits per heavy atom. The van der Waals surface area contributed by atoms with Crippen LogP contribution in [0.1, 0.15) is 23.4 Å². The molecule has 7 heteroatoms. The number of hydrogen-bond donors (Lipinski definition) is 0. The SMILES string of the molecule is Cc1cc(C(F)F)c([N+](=O)[O-])c(CC#N)n1. The van der Waals surface area contributed by atoms with Crippen molar-refractivity contribution >= 4 is 5.69 Å². The summed E-state index contributed by atoms with van der Waals surface area (Å²) >= 11 is 0. The van der Waals surface area contributed by atoms with Crippen LogP contribution < -0.4 is 0 Å². The lowest BCUT2D eigenvalue weighted by molar-refractivity contribution is -0.387. The Balaban J connectivity index is 3.48. The Hall–Kier alpha value is -2.10. The predicted octanol–water partition coefficient (Wildman–Crippen LogP) is 2.30. The molecule has 0 N–H and O–H groups in total. The molecule has 0 fully saturated rings. The standard InChI is InChI=1S/C9H7F2N3O2/c1-5-4-6(9(10)11)8(14(15)16)7(13-5)2-3-12/h4,9H,2H2,1H3. The molecule has 0 aliphatic heterocycles. The zero-order chi connectivity index (χ0) is 12.3. The number of aryl methyl sites for hydroxylation is 1. The number of halogens is 2. The normalized spacial score (nSPS) is 10.2. The number of nitro groups is 1. The smallest absolute Gasteiger partial charge is 0.258 e. The summed E-state index contributed by atoms with van der Waals surface area (Å²) < 4.78 is 25.1. The fraction of sp³-hybridized carbons (Fsp3) is 0.333. The molecule has 0 amide bonds. The van der Waals surface area contributed by atoms with Crippen LogP contribution in [0.15, 0.2) is 6.07 Å². The van der Waals surface area contributed by atoms with Gasteiger partial charge in [-0.3, -0.25) is 10.1 Å². The number of rotatable bonds is 3. The van der Waals surface area contributed by atoms with E-state index in [-0.39, 0.29) is 17.8 Å². The van der Waals surface area contributed by atoms with Gasteiger partial charge in [0.2, 0.25) is 0 Å². The van der Waals surface area contributed by atoms with Crippen molar-refractivity contribution in [3.8, 4) is 6.07 Å². The van der Waals surface area contributed by atoms with Crippen LogP contribution in [0.5, 0.6) is 0 Å². The first-order valence-electron chi connectivity index (χ1n) is 4.27. The molecule has 84 valence electrons. The molecule has 1 heterocycles. The summed E-state index contributed by atoms with van der Waals surface area (Å²) in [5.41, 5.74) is -1.45. The monoisotopic (exact) mass is 227 g/mol. The number of hydrogen-bond acceptors (Lipinski definition) is 4. The van der Waals surface area contributed by atoms with E-state index in [0.717, 1.165) is 6.07 Å². The number of nitriles is 1. The minimum atomic E-state index is -2.96. The van der Waals surface area contributed by atoms with Gasteiger partial charge >= 0.3 is 5.69 Å². The van der Waals surface area contributed by atoms with Gasteiger partial charge in [-0.2, -0.15) is 5.26 Å². The number of alkyl halides is 2. The van der Waals surface area contributed by atoms with E-state index in [1.54, 1.807) is 6.07 Å². The molecule has 1 aromatic rings. The maximum atomic E-state index is 12.6. The molecular formula is C9H7F2N3O2. The molecule has 0 saturated carbocycles. The Morgan fingerprint density at radius 2 is 2.31 bits per heavy atom. The van der Waals surface area contributed by atoms with Crippen LogP contribution in [0.25, 0.3) is 0 Å². The third kappa shape index (κ3) is 2.28. The van der Waals surface area contributed by atoms with Gasteiger partial charge < -0.3 is 0 Å². The molecule has 0 saturated heterocycles. The van der Waals surface area contributed by atoms with Gasteiger partial charge in [-0.1, -0.05) is 0 Å². The van der Waals surface area contributed by atoms with E-state index in [0.29, 0.717) is 0 Å². The fourth-order valence-electron chi connectivity index (χ4n) is 1.33. The molecule has 0 radical (unpaired) electrons. The Labute approximate surface area is 89.5 Å². The second-order valence-electron chi connectivity index (χ2n) is 3.04. The largest absolute Gasteiger partial charge is 0.300 e. The number of nitrogens with zero attached hydrogens (tertiary/aromatic N) is 3. The van der Waals surface area contributed by atoms with Crippen molar-refractivity contribution < 1.29 is 13.7 Å². The lowest BCUT2D eigenvalue weighted by atomic mass is 10.1. The summed E-state index contributed by atoms with van der Waals surface area (Å²) in [6.45, 7) is 1.44. The van der Waals surface area contributed by atoms with Crippen LogP contribution in [0.4, 0.5) is 14.5 Å². The number of pyridine rings is 1. The topological polar surface area (TPSA) is 79.8 Å². The Bertz CT molecular complexity index is 469. The van der Waals surface area contributed by atoms with Crippen LogP contribution >= 0.6 is 0 Å². The highest BCUT2D eigenvalue weighted by Crippen LogP contribution is 2.31. The van der Waals surface area contributed by atoms with Gasteiger partial charge in [0.05, 0.1) is 23.0 Å². The van der Waals surface area contributed by atoms with Crippen molar-refractivity contribution in [3.63, 3.8) is 0 Å². The van der Waals surface area contributed by atoms with Gasteiger partial charge in [0.15, 0.2) is 0 Å². The van der Waals surface area contributed by atoms with Crippen molar-refractivity contribution in [1.29, 1.82) is 5.26 Å². The molecule has 1 aromatic heterocycles. The third-order valence-electron chi connectivity index (χ3n) is 1.89. The molecule has 16 heavy (non-hydrogen) atoms. The first-order chi connectivity index (χ1) is 7.47. The van der Waals surface area contributed by atoms with E-state index in [9.17, 15) is 18.9 Å². The van der Waals surface area contributed by atoms with Gasteiger partial charge in [0, 0.05) is 5.69 Å². The molecule has 0 aliphatic carbocycles. The quantitative estimate of drug-likeness (QED) is 0.586. The van der Waals surface area contributed by atoms with Crippen molar-refractivity contribution in [3.05, 3.63) is 33.1 Å². The summed E-state index contributed by atoms with van der Waals surface area (Å²) in [7, 11) is 0. The average Bonchev–Trinajstić information content (AvgIpc) is 2.16. The van der Waals surface area contributed by atoms with Gasteiger partial charge in [0.1, 0.15) is 5.69 Å². The van der Waals surface area contributed by atoms with Crippen LogP contribution in [0.2, 0.25) is 0 Å². The molecule has 0 atom stereocenters. The maximum Gasteiger partial charge on any atom is 0.300 e. The molecule has 5 nitrogen and oxygen atoms in total. The van der Waals surface area contributed by atoms with Crippen molar-refractivity contribution in [1.82, 2.24) is 4.98 Å². The minimum Gasteiger partial charge on any atom is -0.258 e. The van der Waals surface area contributed by atoms with E-state index in [4.69, 9.17) is 5.26 Å². The highest BCUT2D eigenvalue weighted by molar-refractivity contribution is 5.47. The van der Waals surface area contributed by atoms with E-state index in [2.05, 4.69) is 4.98 Å². The molecule has 0 bridgehead atoms. The van der Waals surface area contributed by atoms with Crippen LogP contribution in [-0.4, -0.2) is 9.91 Å². The zero-order valence-corrected chi connectivity index (χ0v) is 8.28. The van der Waals surface area contributed by atoms with Crippen LogP contribution in [0, 0.1) is 28.4 Å². The molecule has 0 aromatic carbocycles. The van der Waals surface area contributed by atoms with E-state index in [1.165, 1.54) is 6.92 Å². The predicted molar refractivity (Wildman–Crippen MR) is 49.9 cm³/mol. The molecule has 0 unspecified atom stereocenters. The van der Waals surface area contributed by atoms with E-state index in [1.807, 2.05) is 0 Å². The van der Waals surface area contributed by atoms with Crippen molar-refractivity contribution in [2.75, 3.05) is 0 Å². The molecule has 1 rings (SSSR count). The zero-order valence-electron chi connectivity index (χ0n) is 8.28. The second-order valence-corrected chi connectivity index (χ2v) is 3.04. The molecular weight excluding hydrogens is 220 g/mol. The summed E-state index contributed by atoms with van der Waals surface area (Å²) in [5, 5.41) is 19.1. The minimum absolute atomic E-state index is 0.220. The van der Waals surface area contributed by atoms with Gasteiger partial charge in [-0.05, 0) is 13.0 Å². The molecule has 0 aliphatic rings. The fourth-order valence-corrected chi connectivity index (χ4v) is 1.33. The van der Waals surface area contributed by atoms with Gasteiger partial charge in [-0.25, -0.2) is 13.8 Å². The van der Waals surface area contributed by atoms with Gasteiger partial charge in [0.25, 0.3) is 6.43 Å². The lowest BCUT2D eigenvalue weighted by Gasteiger charge is -2.06. The lowest BCUT2D eigenvalue weighted by Crippen LogP contribution is -2.04. The molecule has 0 spiro atoms. The summed E-state index contributed by atoms with van der Waals surface area (Å²) in [6.07, 6.45) is -3.32. The first kappa shape index (κ1) is 12.0. The van der Waals surface area contributed by atoms with Gasteiger partial charge in [-0.15, -0.1) is 0 Å². The maximum absolute atomic E-state index is 12.6. The average molecular weight is 227 g/mol. The van der Waals surface area contributed by atoms with Crippen LogP contribution in [-0.2, 0) is 6.42 Å². The third-order valence-corrected chi connectivity index (χ3v) is 1.89. The summed E-state index contributed by atoms with van der Waals surface area (Å²) in [4.78, 5) is 13.5. The van der Waals surface area contributed by atoms with E-state index >= 15 is 0 Å². The highest BCUT2D eigenvalue weighted by atomic mass is 19.3. The Kier molecular flexibility index (Phi) is 3.45. The second kappa shape index (κ2) is 4.61. The number of aromatic nitrogens is 1.